The van der Waals surface area contributed by atoms with Gasteiger partial charge < -0.3 is 4.74 Å². The van der Waals surface area contributed by atoms with Crippen molar-refractivity contribution in [2.45, 2.75) is 0 Å². The van der Waals surface area contributed by atoms with Gasteiger partial charge in [-0.1, -0.05) is 28.1 Å². The Morgan fingerprint density at radius 2 is 1.72 bits per heavy atom. The third-order valence-electron chi connectivity index (χ3n) is 2.51. The van der Waals surface area contributed by atoms with Crippen LogP contribution in [0.5, 0.6) is 0 Å². The minimum atomic E-state index is -0.594. The van der Waals surface area contributed by atoms with Crippen molar-refractivity contribution in [1.82, 2.24) is 4.90 Å². The van der Waals surface area contributed by atoms with Gasteiger partial charge in [-0.05, 0) is 12.1 Å². The Morgan fingerprint density at radius 3 is 2.22 bits per heavy atom. The summed E-state index contributed by atoms with van der Waals surface area (Å²) in [6, 6.07) is 6.49. The van der Waals surface area contributed by atoms with Crippen molar-refractivity contribution in [3.8, 4) is 0 Å². The van der Waals surface area contributed by atoms with E-state index in [0.29, 0.717) is 16.5 Å². The van der Waals surface area contributed by atoms with E-state index in [1.54, 1.807) is 24.3 Å². The smallest absolute Gasteiger partial charge is 0.326 e. The summed E-state index contributed by atoms with van der Waals surface area (Å²) in [5.41, 5.74) is 0.659. The van der Waals surface area contributed by atoms with Crippen molar-refractivity contribution in [2.75, 3.05) is 18.5 Å². The van der Waals surface area contributed by atoms with Crippen LogP contribution in [0, 0.1) is 0 Å². The molecular weight excluding hydrogens is 302 g/mol. The standard InChI is InChI=1S/C12H10BrNO4/c13-5-6-18-10(15)7-14-11(16)8-3-1-2-4-9(8)12(14)17/h1-4H,5-7H2. The predicted octanol–water partition coefficient (Wildman–Crippen LogP) is 1.22. The number of ether oxygens (including phenoxy) is 1. The second-order valence-electron chi connectivity index (χ2n) is 3.65. The Morgan fingerprint density at radius 1 is 1.17 bits per heavy atom. The van der Waals surface area contributed by atoms with Gasteiger partial charge in [0.2, 0.25) is 0 Å². The first-order valence-corrected chi connectivity index (χ1v) is 6.44. The number of carbonyl (C=O) groups excluding carboxylic acids is 3. The summed E-state index contributed by atoms with van der Waals surface area (Å²) < 4.78 is 4.82. The molecule has 1 heterocycles. The van der Waals surface area contributed by atoms with Crippen molar-refractivity contribution in [3.63, 3.8) is 0 Å². The molecule has 0 aliphatic carbocycles. The molecule has 0 bridgehead atoms. The zero-order chi connectivity index (χ0) is 13.1. The van der Waals surface area contributed by atoms with Crippen molar-refractivity contribution >= 4 is 33.7 Å². The van der Waals surface area contributed by atoms with Crippen LogP contribution < -0.4 is 0 Å². The molecule has 94 valence electrons. The van der Waals surface area contributed by atoms with E-state index >= 15 is 0 Å². The first-order chi connectivity index (χ1) is 8.65. The number of benzene rings is 1. The molecule has 2 amide bonds. The summed E-state index contributed by atoms with van der Waals surface area (Å²) in [5, 5.41) is 0.515. The molecule has 0 N–H and O–H groups in total. The van der Waals surface area contributed by atoms with E-state index in [1.165, 1.54) is 0 Å². The fourth-order valence-corrected chi connectivity index (χ4v) is 1.87. The van der Waals surface area contributed by atoms with Gasteiger partial charge in [0.25, 0.3) is 11.8 Å². The van der Waals surface area contributed by atoms with Crippen LogP contribution in [0.4, 0.5) is 0 Å². The van der Waals surface area contributed by atoms with Crippen molar-refractivity contribution in [2.24, 2.45) is 0 Å². The normalized spacial score (nSPS) is 13.7. The maximum absolute atomic E-state index is 11.9. The highest BCUT2D eigenvalue weighted by atomic mass is 79.9. The van der Waals surface area contributed by atoms with Crippen molar-refractivity contribution in [3.05, 3.63) is 35.4 Å². The van der Waals surface area contributed by atoms with Crippen LogP contribution in [0.1, 0.15) is 20.7 Å². The average Bonchev–Trinajstić information content (AvgIpc) is 2.62. The summed E-state index contributed by atoms with van der Waals surface area (Å²) in [6.45, 7) is -0.138. The van der Waals surface area contributed by atoms with Crippen LogP contribution in [-0.4, -0.2) is 41.2 Å². The molecule has 1 aromatic carbocycles. The van der Waals surface area contributed by atoms with E-state index in [4.69, 9.17) is 4.74 Å². The maximum atomic E-state index is 11.9. The van der Waals surface area contributed by atoms with Crippen LogP contribution in [0.25, 0.3) is 0 Å². The lowest BCUT2D eigenvalue weighted by Gasteiger charge is -2.12. The van der Waals surface area contributed by atoms with E-state index in [9.17, 15) is 14.4 Å². The quantitative estimate of drug-likeness (QED) is 0.476. The lowest BCUT2D eigenvalue weighted by atomic mass is 10.1. The van der Waals surface area contributed by atoms with E-state index in [2.05, 4.69) is 15.9 Å². The number of nitrogens with zero attached hydrogens (tertiary/aromatic N) is 1. The lowest BCUT2D eigenvalue weighted by molar-refractivity contribution is -0.143. The fraction of sp³-hybridized carbons (Fsp3) is 0.250. The highest BCUT2D eigenvalue weighted by molar-refractivity contribution is 9.09. The van der Waals surface area contributed by atoms with Crippen molar-refractivity contribution in [1.29, 1.82) is 0 Å². The maximum Gasteiger partial charge on any atom is 0.326 e. The molecule has 0 radical (unpaired) electrons. The number of halogens is 1. The minimum absolute atomic E-state index is 0.210. The van der Waals surface area contributed by atoms with Gasteiger partial charge in [-0.15, -0.1) is 0 Å². The summed E-state index contributed by atoms with van der Waals surface area (Å²) in [6.07, 6.45) is 0. The molecule has 0 saturated carbocycles. The van der Waals surface area contributed by atoms with E-state index in [-0.39, 0.29) is 13.2 Å². The summed E-state index contributed by atoms with van der Waals surface area (Å²) >= 11 is 3.11. The molecule has 0 unspecified atom stereocenters. The third-order valence-corrected chi connectivity index (χ3v) is 2.83. The molecule has 1 aromatic rings. The van der Waals surface area contributed by atoms with Gasteiger partial charge in [0, 0.05) is 5.33 Å². The number of amides is 2. The number of fused-ring (bicyclic) bond motifs is 1. The van der Waals surface area contributed by atoms with Gasteiger partial charge in [0.1, 0.15) is 13.2 Å². The summed E-state index contributed by atoms with van der Waals surface area (Å²) in [5.74, 6) is -1.50. The molecule has 5 nitrogen and oxygen atoms in total. The lowest BCUT2D eigenvalue weighted by Crippen LogP contribution is -2.35. The van der Waals surface area contributed by atoms with Crippen LogP contribution in [0.15, 0.2) is 24.3 Å². The predicted molar refractivity (Wildman–Crippen MR) is 66.6 cm³/mol. The first-order valence-electron chi connectivity index (χ1n) is 5.32. The van der Waals surface area contributed by atoms with Gasteiger partial charge in [-0.25, -0.2) is 0 Å². The molecule has 6 heteroatoms. The van der Waals surface area contributed by atoms with Crippen LogP contribution in [0.3, 0.4) is 0 Å². The number of carbonyl (C=O) groups is 3. The number of alkyl halides is 1. The Balaban J connectivity index is 2.11. The Kier molecular flexibility index (Phi) is 3.76. The Labute approximate surface area is 112 Å². The molecule has 1 aliphatic rings. The Hall–Kier alpha value is -1.69. The second kappa shape index (κ2) is 5.30. The van der Waals surface area contributed by atoms with Gasteiger partial charge in [0.05, 0.1) is 11.1 Å². The number of hydrogen-bond donors (Lipinski definition) is 0. The number of imide groups is 1. The molecule has 0 atom stereocenters. The highest BCUT2D eigenvalue weighted by Gasteiger charge is 2.36. The molecule has 2 rings (SSSR count). The van der Waals surface area contributed by atoms with Crippen LogP contribution in [0.2, 0.25) is 0 Å². The molecule has 1 aliphatic heterocycles. The first kappa shape index (κ1) is 12.8. The Bertz CT molecular complexity index is 480. The third kappa shape index (κ3) is 2.28. The number of rotatable bonds is 4. The molecule has 18 heavy (non-hydrogen) atoms. The fourth-order valence-electron chi connectivity index (χ4n) is 1.71. The second-order valence-corrected chi connectivity index (χ2v) is 4.44. The molecular formula is C12H10BrNO4. The van der Waals surface area contributed by atoms with Gasteiger partial charge in [0.15, 0.2) is 0 Å². The van der Waals surface area contributed by atoms with E-state index < -0.39 is 17.8 Å². The topological polar surface area (TPSA) is 63.7 Å². The molecule has 0 spiro atoms. The molecule has 0 aromatic heterocycles. The number of esters is 1. The molecule has 0 fully saturated rings. The zero-order valence-corrected chi connectivity index (χ0v) is 11.0. The minimum Gasteiger partial charge on any atom is -0.463 e. The summed E-state index contributed by atoms with van der Waals surface area (Å²) in [4.78, 5) is 36.1. The SMILES string of the molecule is O=C(CN1C(=O)c2ccccc2C1=O)OCCBr. The molecule has 0 saturated heterocycles. The number of hydrogen-bond acceptors (Lipinski definition) is 4. The van der Waals surface area contributed by atoms with E-state index in [0.717, 1.165) is 4.90 Å². The van der Waals surface area contributed by atoms with Gasteiger partial charge >= 0.3 is 5.97 Å². The van der Waals surface area contributed by atoms with Crippen molar-refractivity contribution < 1.29 is 19.1 Å². The van der Waals surface area contributed by atoms with Gasteiger partial charge in [-0.2, -0.15) is 0 Å². The average molecular weight is 312 g/mol. The largest absolute Gasteiger partial charge is 0.463 e. The zero-order valence-electron chi connectivity index (χ0n) is 9.39. The highest BCUT2D eigenvalue weighted by Crippen LogP contribution is 2.21. The van der Waals surface area contributed by atoms with Gasteiger partial charge in [-0.3, -0.25) is 19.3 Å². The van der Waals surface area contributed by atoms with Crippen LogP contribution in [-0.2, 0) is 9.53 Å². The van der Waals surface area contributed by atoms with Crippen LogP contribution >= 0.6 is 15.9 Å². The van der Waals surface area contributed by atoms with E-state index in [1.807, 2.05) is 0 Å². The summed E-state index contributed by atoms with van der Waals surface area (Å²) in [7, 11) is 0. The monoisotopic (exact) mass is 311 g/mol.